The van der Waals surface area contributed by atoms with Crippen molar-refractivity contribution >= 4 is 6.09 Å². The van der Waals surface area contributed by atoms with Crippen LogP contribution < -0.4 is 5.32 Å². The molecule has 5 heteroatoms. The van der Waals surface area contributed by atoms with Crippen LogP contribution in [-0.2, 0) is 16.1 Å². The van der Waals surface area contributed by atoms with Gasteiger partial charge < -0.3 is 19.9 Å². The van der Waals surface area contributed by atoms with Crippen molar-refractivity contribution in [1.82, 2.24) is 5.32 Å². The van der Waals surface area contributed by atoms with Crippen LogP contribution in [0.3, 0.4) is 0 Å². The maximum absolute atomic E-state index is 11.2. The van der Waals surface area contributed by atoms with Gasteiger partial charge in [-0.1, -0.05) is 37.3 Å². The molecule has 0 aromatic heterocycles. The Morgan fingerprint density at radius 2 is 2.16 bits per heavy atom. The van der Waals surface area contributed by atoms with Gasteiger partial charge in [0.25, 0.3) is 0 Å². The van der Waals surface area contributed by atoms with Gasteiger partial charge in [-0.25, -0.2) is 4.79 Å². The molecular formula is C14H19NO4. The monoisotopic (exact) mass is 265 g/mol. The summed E-state index contributed by atoms with van der Waals surface area (Å²) in [4.78, 5) is 11.2. The molecule has 1 fully saturated rings. The molecule has 0 saturated carbocycles. The van der Waals surface area contributed by atoms with Crippen molar-refractivity contribution in [3.63, 3.8) is 0 Å². The molecule has 0 bridgehead atoms. The zero-order valence-corrected chi connectivity index (χ0v) is 10.9. The standard InChI is InChI=1S/C14H19NO4/c1-10(7-16)13-12(15-14(17)19-13)9-18-8-11-5-3-2-4-6-11/h2-6,10,12-13,16H,7-9H2,1H3,(H,15,17)/t10?,12-,13?/m1/s1. The van der Waals surface area contributed by atoms with Crippen LogP contribution in [0.4, 0.5) is 4.79 Å². The number of aliphatic hydroxyl groups is 1. The second kappa shape index (κ2) is 6.54. The van der Waals surface area contributed by atoms with Gasteiger partial charge in [-0.05, 0) is 5.56 Å². The SMILES string of the molecule is CC(CO)C1OC(=O)N[C@@H]1COCc1ccccc1. The summed E-state index contributed by atoms with van der Waals surface area (Å²) in [6, 6.07) is 9.62. The number of carbonyl (C=O) groups is 1. The summed E-state index contributed by atoms with van der Waals surface area (Å²) in [5, 5.41) is 11.9. The minimum Gasteiger partial charge on any atom is -0.444 e. The number of benzene rings is 1. The van der Waals surface area contributed by atoms with Crippen molar-refractivity contribution in [2.24, 2.45) is 5.92 Å². The smallest absolute Gasteiger partial charge is 0.407 e. The van der Waals surface area contributed by atoms with Crippen molar-refractivity contribution in [3.05, 3.63) is 35.9 Å². The van der Waals surface area contributed by atoms with E-state index in [0.29, 0.717) is 13.2 Å². The summed E-state index contributed by atoms with van der Waals surface area (Å²) in [5.41, 5.74) is 1.08. The van der Waals surface area contributed by atoms with Crippen LogP contribution in [0.1, 0.15) is 12.5 Å². The lowest BCUT2D eigenvalue weighted by atomic mass is 10.00. The van der Waals surface area contributed by atoms with Crippen LogP contribution >= 0.6 is 0 Å². The molecule has 2 unspecified atom stereocenters. The first-order chi connectivity index (χ1) is 9.20. The molecule has 1 aromatic rings. The Morgan fingerprint density at radius 1 is 1.42 bits per heavy atom. The lowest BCUT2D eigenvalue weighted by molar-refractivity contribution is 0.0350. The topological polar surface area (TPSA) is 67.8 Å². The van der Waals surface area contributed by atoms with Crippen molar-refractivity contribution in [3.8, 4) is 0 Å². The Morgan fingerprint density at radius 3 is 2.84 bits per heavy atom. The van der Waals surface area contributed by atoms with E-state index in [1.165, 1.54) is 0 Å². The molecule has 2 N–H and O–H groups in total. The Labute approximate surface area is 112 Å². The fourth-order valence-electron chi connectivity index (χ4n) is 2.10. The number of hydrogen-bond donors (Lipinski definition) is 2. The second-order valence-electron chi connectivity index (χ2n) is 4.78. The number of nitrogens with one attached hydrogen (secondary N) is 1. The summed E-state index contributed by atoms with van der Waals surface area (Å²) in [5.74, 6) is -0.107. The van der Waals surface area contributed by atoms with E-state index in [1.54, 1.807) is 0 Å². The minimum absolute atomic E-state index is 0.0190. The molecule has 1 heterocycles. The van der Waals surface area contributed by atoms with Gasteiger partial charge in [0, 0.05) is 12.5 Å². The first-order valence-electron chi connectivity index (χ1n) is 6.40. The summed E-state index contributed by atoms with van der Waals surface area (Å²) >= 11 is 0. The third-order valence-electron chi connectivity index (χ3n) is 3.20. The van der Waals surface area contributed by atoms with E-state index in [1.807, 2.05) is 37.3 Å². The zero-order chi connectivity index (χ0) is 13.7. The summed E-state index contributed by atoms with van der Waals surface area (Å²) in [6.07, 6.45) is -0.785. The highest BCUT2D eigenvalue weighted by molar-refractivity contribution is 5.70. The third kappa shape index (κ3) is 3.68. The van der Waals surface area contributed by atoms with Crippen LogP contribution in [0.15, 0.2) is 30.3 Å². The molecule has 0 aliphatic carbocycles. The molecule has 1 saturated heterocycles. The van der Waals surface area contributed by atoms with Gasteiger partial charge in [0.1, 0.15) is 6.10 Å². The van der Waals surface area contributed by atoms with Crippen LogP contribution in [-0.4, -0.2) is 36.6 Å². The van der Waals surface area contributed by atoms with Gasteiger partial charge >= 0.3 is 6.09 Å². The molecular weight excluding hydrogens is 246 g/mol. The summed E-state index contributed by atoms with van der Waals surface area (Å²) in [7, 11) is 0. The van der Waals surface area contributed by atoms with Gasteiger partial charge in [0.15, 0.2) is 0 Å². The third-order valence-corrected chi connectivity index (χ3v) is 3.20. The van der Waals surface area contributed by atoms with E-state index in [9.17, 15) is 4.79 Å². The number of cyclic esters (lactones) is 1. The summed E-state index contributed by atoms with van der Waals surface area (Å²) < 4.78 is 10.7. The highest BCUT2D eigenvalue weighted by Crippen LogP contribution is 2.18. The molecule has 1 amide bonds. The van der Waals surface area contributed by atoms with Gasteiger partial charge in [-0.3, -0.25) is 0 Å². The first-order valence-corrected chi connectivity index (χ1v) is 6.40. The molecule has 5 nitrogen and oxygen atoms in total. The molecule has 1 aliphatic rings. The minimum atomic E-state index is -0.446. The first kappa shape index (κ1) is 13.8. The summed E-state index contributed by atoms with van der Waals surface area (Å²) in [6.45, 7) is 2.69. The van der Waals surface area contributed by atoms with E-state index < -0.39 is 6.09 Å². The van der Waals surface area contributed by atoms with E-state index in [-0.39, 0.29) is 24.7 Å². The molecule has 0 radical (unpaired) electrons. The van der Waals surface area contributed by atoms with Gasteiger partial charge in [-0.2, -0.15) is 0 Å². The molecule has 104 valence electrons. The molecule has 19 heavy (non-hydrogen) atoms. The lowest BCUT2D eigenvalue weighted by Gasteiger charge is -2.21. The van der Waals surface area contributed by atoms with Crippen molar-refractivity contribution in [1.29, 1.82) is 0 Å². The number of hydrogen-bond acceptors (Lipinski definition) is 4. The second-order valence-corrected chi connectivity index (χ2v) is 4.78. The Kier molecular flexibility index (Phi) is 4.76. The average molecular weight is 265 g/mol. The van der Waals surface area contributed by atoms with Crippen molar-refractivity contribution in [2.75, 3.05) is 13.2 Å². The lowest BCUT2D eigenvalue weighted by Crippen LogP contribution is -2.40. The van der Waals surface area contributed by atoms with E-state index in [4.69, 9.17) is 14.6 Å². The Hall–Kier alpha value is -1.59. The molecule has 1 aliphatic heterocycles. The zero-order valence-electron chi connectivity index (χ0n) is 10.9. The fraction of sp³-hybridized carbons (Fsp3) is 0.500. The number of alkyl carbamates (subject to hydrolysis) is 1. The van der Waals surface area contributed by atoms with E-state index >= 15 is 0 Å². The van der Waals surface area contributed by atoms with Crippen molar-refractivity contribution < 1.29 is 19.4 Å². The maximum Gasteiger partial charge on any atom is 0.407 e. The number of ether oxygens (including phenoxy) is 2. The Bertz CT molecular complexity index is 409. The van der Waals surface area contributed by atoms with Gasteiger partial charge in [-0.15, -0.1) is 0 Å². The predicted octanol–water partition coefficient (Wildman–Crippen LogP) is 1.31. The number of rotatable bonds is 6. The van der Waals surface area contributed by atoms with Crippen LogP contribution in [0.25, 0.3) is 0 Å². The highest BCUT2D eigenvalue weighted by atomic mass is 16.6. The molecule has 0 spiro atoms. The normalized spacial score (nSPS) is 23.8. The Balaban J connectivity index is 1.82. The number of carbonyl (C=O) groups excluding carboxylic acids is 1. The van der Waals surface area contributed by atoms with E-state index in [2.05, 4.69) is 5.32 Å². The number of amides is 1. The molecule has 2 rings (SSSR count). The van der Waals surface area contributed by atoms with Crippen LogP contribution in [0.5, 0.6) is 0 Å². The largest absolute Gasteiger partial charge is 0.444 e. The van der Waals surface area contributed by atoms with Crippen LogP contribution in [0.2, 0.25) is 0 Å². The predicted molar refractivity (Wildman–Crippen MR) is 69.5 cm³/mol. The quantitative estimate of drug-likeness (QED) is 0.813. The highest BCUT2D eigenvalue weighted by Gasteiger charge is 2.37. The van der Waals surface area contributed by atoms with Crippen LogP contribution in [0, 0.1) is 5.92 Å². The maximum atomic E-state index is 11.2. The van der Waals surface area contributed by atoms with Gasteiger partial charge in [0.2, 0.25) is 0 Å². The molecule has 3 atom stereocenters. The van der Waals surface area contributed by atoms with Crippen molar-refractivity contribution in [2.45, 2.75) is 25.7 Å². The van der Waals surface area contributed by atoms with E-state index in [0.717, 1.165) is 5.56 Å². The fourth-order valence-corrected chi connectivity index (χ4v) is 2.10. The van der Waals surface area contributed by atoms with Gasteiger partial charge in [0.05, 0.1) is 19.3 Å². The number of aliphatic hydroxyl groups excluding tert-OH is 1. The molecule has 1 aromatic carbocycles. The average Bonchev–Trinajstić information content (AvgIpc) is 2.80.